The molecule has 0 radical (unpaired) electrons. The van der Waals surface area contributed by atoms with Crippen molar-refractivity contribution < 1.29 is 5.11 Å². The minimum Gasteiger partial charge on any atom is -0.508 e. The minimum absolute atomic E-state index is 0.298. The van der Waals surface area contributed by atoms with Gasteiger partial charge in [-0.1, -0.05) is 6.07 Å². The highest BCUT2D eigenvalue weighted by Gasteiger charge is 1.99. The summed E-state index contributed by atoms with van der Waals surface area (Å²) in [5.74, 6) is 1.09. The molecule has 17 heavy (non-hydrogen) atoms. The average molecular weight is 246 g/mol. The number of thioether (sulfide) groups is 1. The van der Waals surface area contributed by atoms with Crippen molar-refractivity contribution in [3.63, 3.8) is 0 Å². The van der Waals surface area contributed by atoms with Crippen LogP contribution in [-0.2, 0) is 5.75 Å². The Morgan fingerprint density at radius 3 is 2.94 bits per heavy atom. The molecule has 2 rings (SSSR count). The second-order valence-corrected chi connectivity index (χ2v) is 4.62. The third kappa shape index (κ3) is 3.39. The summed E-state index contributed by atoms with van der Waals surface area (Å²) >= 11 is 1.66. The summed E-state index contributed by atoms with van der Waals surface area (Å²) in [7, 11) is 1.89. The smallest absolute Gasteiger partial charge is 0.116 e. The molecule has 1 aromatic heterocycles. The highest BCUT2D eigenvalue weighted by Crippen LogP contribution is 2.25. The highest BCUT2D eigenvalue weighted by molar-refractivity contribution is 7.98. The topological polar surface area (TPSA) is 45.2 Å². The summed E-state index contributed by atoms with van der Waals surface area (Å²) in [6, 6.07) is 11.2. The van der Waals surface area contributed by atoms with E-state index < -0.39 is 0 Å². The number of aromatic hydroxyl groups is 1. The maximum Gasteiger partial charge on any atom is 0.116 e. The van der Waals surface area contributed by atoms with Gasteiger partial charge < -0.3 is 10.4 Å². The zero-order valence-corrected chi connectivity index (χ0v) is 10.4. The van der Waals surface area contributed by atoms with Gasteiger partial charge in [-0.15, -0.1) is 11.8 Å². The molecule has 1 heterocycles. The monoisotopic (exact) mass is 246 g/mol. The first-order chi connectivity index (χ1) is 8.28. The van der Waals surface area contributed by atoms with E-state index in [2.05, 4.69) is 10.3 Å². The Morgan fingerprint density at radius 1 is 1.29 bits per heavy atom. The zero-order chi connectivity index (χ0) is 12.1. The van der Waals surface area contributed by atoms with Gasteiger partial charge in [-0.05, 0) is 30.3 Å². The van der Waals surface area contributed by atoms with Crippen LogP contribution in [0.1, 0.15) is 5.69 Å². The molecule has 0 saturated heterocycles. The quantitative estimate of drug-likeness (QED) is 0.814. The lowest BCUT2D eigenvalue weighted by atomic mass is 10.3. The van der Waals surface area contributed by atoms with Gasteiger partial charge in [0.1, 0.15) is 5.75 Å². The maximum absolute atomic E-state index is 9.35. The molecule has 3 nitrogen and oxygen atoms in total. The van der Waals surface area contributed by atoms with Crippen LogP contribution in [0.2, 0.25) is 0 Å². The molecule has 0 saturated carbocycles. The second-order valence-electron chi connectivity index (χ2n) is 3.57. The molecule has 2 N–H and O–H groups in total. The lowest BCUT2D eigenvalue weighted by Gasteiger charge is -2.04. The third-order valence-electron chi connectivity index (χ3n) is 2.31. The van der Waals surface area contributed by atoms with E-state index in [-0.39, 0.29) is 0 Å². The van der Waals surface area contributed by atoms with Crippen LogP contribution < -0.4 is 5.32 Å². The van der Waals surface area contributed by atoms with Gasteiger partial charge in [0, 0.05) is 29.6 Å². The molecule has 1 aromatic carbocycles. The highest BCUT2D eigenvalue weighted by atomic mass is 32.2. The Hall–Kier alpha value is -1.68. The fourth-order valence-electron chi connectivity index (χ4n) is 1.44. The largest absolute Gasteiger partial charge is 0.508 e. The van der Waals surface area contributed by atoms with Crippen LogP contribution in [0.5, 0.6) is 5.75 Å². The third-order valence-corrected chi connectivity index (χ3v) is 3.34. The van der Waals surface area contributed by atoms with E-state index in [0.717, 1.165) is 22.0 Å². The average Bonchev–Trinajstić information content (AvgIpc) is 2.37. The van der Waals surface area contributed by atoms with Gasteiger partial charge in [0.05, 0.1) is 5.69 Å². The second kappa shape index (κ2) is 5.59. The van der Waals surface area contributed by atoms with E-state index in [1.165, 1.54) is 0 Å². The van der Waals surface area contributed by atoms with Gasteiger partial charge in [0.15, 0.2) is 0 Å². The molecular weight excluding hydrogens is 232 g/mol. The van der Waals surface area contributed by atoms with E-state index in [1.807, 2.05) is 31.3 Å². The lowest BCUT2D eigenvalue weighted by molar-refractivity contribution is 0.474. The van der Waals surface area contributed by atoms with E-state index in [1.54, 1.807) is 30.1 Å². The fraction of sp³-hybridized carbons (Fsp3) is 0.154. The van der Waals surface area contributed by atoms with Crippen molar-refractivity contribution in [1.29, 1.82) is 0 Å². The van der Waals surface area contributed by atoms with E-state index in [9.17, 15) is 5.11 Å². The number of nitrogens with zero attached hydrogens (tertiary/aromatic N) is 1. The van der Waals surface area contributed by atoms with Gasteiger partial charge in [-0.25, -0.2) is 0 Å². The van der Waals surface area contributed by atoms with Gasteiger partial charge >= 0.3 is 0 Å². The zero-order valence-electron chi connectivity index (χ0n) is 9.55. The number of phenols is 1. The molecule has 0 bridgehead atoms. The van der Waals surface area contributed by atoms with Crippen molar-refractivity contribution in [1.82, 2.24) is 4.98 Å². The molecule has 2 aromatic rings. The Balaban J connectivity index is 2.02. The molecular formula is C13H14N2OS. The predicted octanol–water partition coefficient (Wildman–Crippen LogP) is 3.12. The van der Waals surface area contributed by atoms with Crippen molar-refractivity contribution in [3.05, 3.63) is 48.3 Å². The summed E-state index contributed by atoms with van der Waals surface area (Å²) in [4.78, 5) is 5.34. The van der Waals surface area contributed by atoms with Crippen LogP contribution in [0.3, 0.4) is 0 Å². The summed E-state index contributed by atoms with van der Waals surface area (Å²) in [5.41, 5.74) is 2.08. The molecule has 0 unspecified atom stereocenters. The van der Waals surface area contributed by atoms with Gasteiger partial charge in [-0.3, -0.25) is 4.98 Å². The molecule has 0 aliphatic rings. The van der Waals surface area contributed by atoms with Crippen LogP contribution in [0.25, 0.3) is 0 Å². The molecule has 0 fully saturated rings. The standard InChI is InChI=1S/C13H14N2OS/c1-14-10-5-6-15-11(7-10)9-17-13-4-2-3-12(16)8-13/h2-8,16H,9H2,1H3,(H,14,15). The van der Waals surface area contributed by atoms with Crippen molar-refractivity contribution in [2.24, 2.45) is 0 Å². The first-order valence-electron chi connectivity index (χ1n) is 5.32. The normalized spacial score (nSPS) is 10.2. The predicted molar refractivity (Wildman–Crippen MR) is 71.5 cm³/mol. The van der Waals surface area contributed by atoms with Crippen LogP contribution >= 0.6 is 11.8 Å². The van der Waals surface area contributed by atoms with Gasteiger partial charge in [0.25, 0.3) is 0 Å². The number of nitrogens with one attached hydrogen (secondary N) is 1. The van der Waals surface area contributed by atoms with E-state index >= 15 is 0 Å². The Labute approximate surface area is 105 Å². The molecule has 0 spiro atoms. The first kappa shape index (κ1) is 11.8. The van der Waals surface area contributed by atoms with E-state index in [0.29, 0.717) is 5.75 Å². The Kier molecular flexibility index (Phi) is 3.88. The number of aromatic nitrogens is 1. The van der Waals surface area contributed by atoms with Crippen LogP contribution in [-0.4, -0.2) is 17.1 Å². The van der Waals surface area contributed by atoms with Crippen LogP contribution in [0.15, 0.2) is 47.5 Å². The summed E-state index contributed by atoms with van der Waals surface area (Å²) in [5, 5.41) is 12.4. The van der Waals surface area contributed by atoms with Crippen molar-refractivity contribution in [2.75, 3.05) is 12.4 Å². The number of rotatable bonds is 4. The fourth-order valence-corrected chi connectivity index (χ4v) is 2.29. The lowest BCUT2D eigenvalue weighted by Crippen LogP contribution is -1.92. The summed E-state index contributed by atoms with van der Waals surface area (Å²) < 4.78 is 0. The minimum atomic E-state index is 0.298. The summed E-state index contributed by atoms with van der Waals surface area (Å²) in [6.45, 7) is 0. The number of hydrogen-bond acceptors (Lipinski definition) is 4. The number of benzene rings is 1. The molecule has 0 aliphatic carbocycles. The molecule has 88 valence electrons. The molecule has 0 aliphatic heterocycles. The van der Waals surface area contributed by atoms with Crippen LogP contribution in [0.4, 0.5) is 5.69 Å². The Morgan fingerprint density at radius 2 is 2.18 bits per heavy atom. The Bertz CT molecular complexity index is 502. The van der Waals surface area contributed by atoms with Gasteiger partial charge in [0.2, 0.25) is 0 Å². The number of anilines is 1. The summed E-state index contributed by atoms with van der Waals surface area (Å²) in [6.07, 6.45) is 1.80. The van der Waals surface area contributed by atoms with Crippen molar-refractivity contribution in [2.45, 2.75) is 10.6 Å². The van der Waals surface area contributed by atoms with E-state index in [4.69, 9.17) is 0 Å². The van der Waals surface area contributed by atoms with Gasteiger partial charge in [-0.2, -0.15) is 0 Å². The number of hydrogen-bond donors (Lipinski definition) is 2. The maximum atomic E-state index is 9.35. The van der Waals surface area contributed by atoms with Crippen LogP contribution in [0, 0.1) is 0 Å². The number of phenolic OH excluding ortho intramolecular Hbond substituents is 1. The first-order valence-corrected chi connectivity index (χ1v) is 6.31. The molecule has 0 amide bonds. The number of pyridine rings is 1. The SMILES string of the molecule is CNc1ccnc(CSc2cccc(O)c2)c1. The van der Waals surface area contributed by atoms with Crippen molar-refractivity contribution in [3.8, 4) is 5.75 Å². The molecule has 0 atom stereocenters. The van der Waals surface area contributed by atoms with Crippen molar-refractivity contribution >= 4 is 17.4 Å². The molecule has 4 heteroatoms.